The van der Waals surface area contributed by atoms with Crippen molar-refractivity contribution in [1.82, 2.24) is 5.43 Å². The second-order valence-electron chi connectivity index (χ2n) is 5.24. The van der Waals surface area contributed by atoms with Gasteiger partial charge < -0.3 is 0 Å². The molecule has 1 amide bonds. The number of benzene rings is 2. The first-order valence-electron chi connectivity index (χ1n) is 7.05. The Morgan fingerprint density at radius 3 is 2.22 bits per heavy atom. The van der Waals surface area contributed by atoms with Crippen molar-refractivity contribution in [1.29, 1.82) is 0 Å². The maximum Gasteiger partial charge on any atom is 0.271 e. The van der Waals surface area contributed by atoms with Gasteiger partial charge in [-0.3, -0.25) is 14.9 Å². The quantitative estimate of drug-likeness (QED) is 0.533. The van der Waals surface area contributed by atoms with Crippen LogP contribution in [-0.2, 0) is 0 Å². The SMILES string of the molecule is C/C(=N\NC(=O)c1ccc(C)c(C)c1)c1ccc([N+](=O)[O-])cc1. The van der Waals surface area contributed by atoms with Crippen molar-refractivity contribution in [3.8, 4) is 0 Å². The molecule has 118 valence electrons. The number of nitro groups is 1. The van der Waals surface area contributed by atoms with Crippen molar-refractivity contribution in [2.75, 3.05) is 0 Å². The number of non-ortho nitro benzene ring substituents is 1. The molecule has 0 heterocycles. The summed E-state index contributed by atoms with van der Waals surface area (Å²) in [5.41, 5.74) is 6.47. The number of carbonyl (C=O) groups is 1. The van der Waals surface area contributed by atoms with E-state index < -0.39 is 4.92 Å². The van der Waals surface area contributed by atoms with Gasteiger partial charge in [0.25, 0.3) is 11.6 Å². The van der Waals surface area contributed by atoms with Crippen LogP contribution in [0.4, 0.5) is 5.69 Å². The largest absolute Gasteiger partial charge is 0.271 e. The number of nitro benzene ring substituents is 1. The zero-order chi connectivity index (χ0) is 17.0. The average Bonchev–Trinajstić information content (AvgIpc) is 2.54. The Morgan fingerprint density at radius 2 is 1.65 bits per heavy atom. The van der Waals surface area contributed by atoms with E-state index >= 15 is 0 Å². The highest BCUT2D eigenvalue weighted by Crippen LogP contribution is 2.13. The fraction of sp³-hybridized carbons (Fsp3) is 0.176. The molecule has 2 aromatic carbocycles. The lowest BCUT2D eigenvalue weighted by Gasteiger charge is -2.05. The molecular weight excluding hydrogens is 294 g/mol. The molecule has 0 unspecified atom stereocenters. The Kier molecular flexibility index (Phi) is 4.85. The van der Waals surface area contributed by atoms with E-state index in [9.17, 15) is 14.9 Å². The lowest BCUT2D eigenvalue weighted by Crippen LogP contribution is -2.19. The van der Waals surface area contributed by atoms with Crippen LogP contribution in [0.15, 0.2) is 47.6 Å². The first kappa shape index (κ1) is 16.4. The number of amides is 1. The molecule has 2 aromatic rings. The fourth-order valence-electron chi connectivity index (χ4n) is 1.97. The standard InChI is InChI=1S/C17H17N3O3/c1-11-4-5-15(10-12(11)2)17(21)19-18-13(3)14-6-8-16(9-7-14)20(22)23/h4-10H,1-3H3,(H,19,21)/b18-13+. The monoisotopic (exact) mass is 311 g/mol. The number of nitrogens with one attached hydrogen (secondary N) is 1. The number of hydrogen-bond donors (Lipinski definition) is 1. The minimum Gasteiger partial charge on any atom is -0.267 e. The Bertz CT molecular complexity index is 780. The number of aryl methyl sites for hydroxylation is 2. The maximum atomic E-state index is 12.1. The van der Waals surface area contributed by atoms with Crippen molar-refractivity contribution in [2.24, 2.45) is 5.10 Å². The van der Waals surface area contributed by atoms with Crippen LogP contribution in [0.5, 0.6) is 0 Å². The van der Waals surface area contributed by atoms with E-state index in [1.54, 1.807) is 31.2 Å². The van der Waals surface area contributed by atoms with Crippen LogP contribution in [0, 0.1) is 24.0 Å². The Balaban J connectivity index is 2.10. The van der Waals surface area contributed by atoms with Gasteiger partial charge in [0, 0.05) is 17.7 Å². The molecule has 1 N–H and O–H groups in total. The van der Waals surface area contributed by atoms with Gasteiger partial charge in [0.15, 0.2) is 0 Å². The fourth-order valence-corrected chi connectivity index (χ4v) is 1.97. The Hall–Kier alpha value is -3.02. The van der Waals surface area contributed by atoms with Crippen LogP contribution >= 0.6 is 0 Å². The molecular formula is C17H17N3O3. The van der Waals surface area contributed by atoms with Gasteiger partial charge in [0.1, 0.15) is 0 Å². The molecule has 0 aliphatic carbocycles. The third kappa shape index (κ3) is 4.00. The van der Waals surface area contributed by atoms with Crippen LogP contribution in [0.3, 0.4) is 0 Å². The predicted octanol–water partition coefficient (Wildman–Crippen LogP) is 3.37. The van der Waals surface area contributed by atoms with E-state index in [2.05, 4.69) is 10.5 Å². The molecule has 0 aromatic heterocycles. The minimum absolute atomic E-state index is 0.0146. The van der Waals surface area contributed by atoms with Crippen molar-refractivity contribution < 1.29 is 9.72 Å². The van der Waals surface area contributed by atoms with Crippen molar-refractivity contribution >= 4 is 17.3 Å². The number of hydrazone groups is 1. The van der Waals surface area contributed by atoms with Crippen LogP contribution in [0.1, 0.15) is 34.0 Å². The lowest BCUT2D eigenvalue weighted by molar-refractivity contribution is -0.384. The molecule has 6 heteroatoms. The number of rotatable bonds is 4. The van der Waals surface area contributed by atoms with Crippen LogP contribution in [0.2, 0.25) is 0 Å². The van der Waals surface area contributed by atoms with Crippen molar-refractivity contribution in [2.45, 2.75) is 20.8 Å². The summed E-state index contributed by atoms with van der Waals surface area (Å²) >= 11 is 0. The molecule has 0 fully saturated rings. The normalized spacial score (nSPS) is 11.2. The highest BCUT2D eigenvalue weighted by atomic mass is 16.6. The number of nitrogens with zero attached hydrogens (tertiary/aromatic N) is 2. The molecule has 0 saturated carbocycles. The van der Waals surface area contributed by atoms with Crippen LogP contribution in [-0.4, -0.2) is 16.5 Å². The summed E-state index contributed by atoms with van der Waals surface area (Å²) in [5, 5.41) is 14.7. The van der Waals surface area contributed by atoms with Gasteiger partial charge in [0.05, 0.1) is 10.6 Å². The zero-order valence-corrected chi connectivity index (χ0v) is 13.2. The van der Waals surface area contributed by atoms with Crippen molar-refractivity contribution in [3.63, 3.8) is 0 Å². The van der Waals surface area contributed by atoms with Gasteiger partial charge in [-0.2, -0.15) is 5.10 Å². The summed E-state index contributed by atoms with van der Waals surface area (Å²) < 4.78 is 0. The second kappa shape index (κ2) is 6.83. The summed E-state index contributed by atoms with van der Waals surface area (Å²) in [5.74, 6) is -0.297. The van der Waals surface area contributed by atoms with E-state index in [-0.39, 0.29) is 11.6 Å². The summed E-state index contributed by atoms with van der Waals surface area (Å²) in [6.45, 7) is 5.65. The smallest absolute Gasteiger partial charge is 0.267 e. The molecule has 23 heavy (non-hydrogen) atoms. The van der Waals surface area contributed by atoms with Gasteiger partial charge in [-0.1, -0.05) is 6.07 Å². The molecule has 0 radical (unpaired) electrons. The molecule has 0 atom stereocenters. The Morgan fingerprint density at radius 1 is 1.04 bits per heavy atom. The van der Waals surface area contributed by atoms with Gasteiger partial charge in [-0.25, -0.2) is 5.43 Å². The summed E-state index contributed by atoms with van der Waals surface area (Å²) in [6.07, 6.45) is 0. The van der Waals surface area contributed by atoms with E-state index in [0.29, 0.717) is 16.8 Å². The summed E-state index contributed by atoms with van der Waals surface area (Å²) in [4.78, 5) is 22.2. The lowest BCUT2D eigenvalue weighted by atomic mass is 10.1. The first-order valence-corrected chi connectivity index (χ1v) is 7.05. The first-order chi connectivity index (χ1) is 10.9. The second-order valence-corrected chi connectivity index (χ2v) is 5.24. The van der Waals surface area contributed by atoms with Gasteiger partial charge in [0.2, 0.25) is 0 Å². The molecule has 6 nitrogen and oxygen atoms in total. The molecule has 0 saturated heterocycles. The number of hydrogen-bond acceptors (Lipinski definition) is 4. The zero-order valence-electron chi connectivity index (χ0n) is 13.2. The van der Waals surface area contributed by atoms with Gasteiger partial charge in [-0.05, 0) is 61.7 Å². The number of carbonyl (C=O) groups excluding carboxylic acids is 1. The van der Waals surface area contributed by atoms with Gasteiger partial charge in [-0.15, -0.1) is 0 Å². The third-order valence-electron chi connectivity index (χ3n) is 3.59. The molecule has 0 spiro atoms. The third-order valence-corrected chi connectivity index (χ3v) is 3.59. The van der Waals surface area contributed by atoms with E-state index in [4.69, 9.17) is 0 Å². The van der Waals surface area contributed by atoms with Crippen LogP contribution < -0.4 is 5.43 Å². The van der Waals surface area contributed by atoms with Crippen molar-refractivity contribution in [3.05, 3.63) is 74.8 Å². The average molecular weight is 311 g/mol. The summed E-state index contributed by atoms with van der Waals surface area (Å²) in [7, 11) is 0. The molecule has 0 bridgehead atoms. The minimum atomic E-state index is -0.461. The Labute approximate surface area is 134 Å². The molecule has 0 aliphatic heterocycles. The highest BCUT2D eigenvalue weighted by molar-refractivity contribution is 6.01. The van der Waals surface area contributed by atoms with E-state index in [0.717, 1.165) is 11.1 Å². The molecule has 0 aliphatic rings. The highest BCUT2D eigenvalue weighted by Gasteiger charge is 2.08. The predicted molar refractivity (Wildman–Crippen MR) is 88.7 cm³/mol. The van der Waals surface area contributed by atoms with E-state index in [1.165, 1.54) is 12.1 Å². The summed E-state index contributed by atoms with van der Waals surface area (Å²) in [6, 6.07) is 11.4. The molecule has 2 rings (SSSR count). The topological polar surface area (TPSA) is 84.6 Å². The van der Waals surface area contributed by atoms with Gasteiger partial charge >= 0.3 is 0 Å². The van der Waals surface area contributed by atoms with E-state index in [1.807, 2.05) is 19.9 Å². The van der Waals surface area contributed by atoms with Crippen LogP contribution in [0.25, 0.3) is 0 Å². The maximum absolute atomic E-state index is 12.1.